The van der Waals surface area contributed by atoms with Crippen LogP contribution >= 0.6 is 0 Å². The number of hydrogen-bond acceptors (Lipinski definition) is 3. The van der Waals surface area contributed by atoms with Crippen molar-refractivity contribution in [1.82, 2.24) is 9.97 Å². The summed E-state index contributed by atoms with van der Waals surface area (Å²) in [5.74, 6) is 1.03. The Balaban J connectivity index is 2.56. The Morgan fingerprint density at radius 1 is 1.54 bits per heavy atom. The van der Waals surface area contributed by atoms with Crippen molar-refractivity contribution in [3.63, 3.8) is 0 Å². The lowest BCUT2D eigenvalue weighted by Gasteiger charge is -2.00. The van der Waals surface area contributed by atoms with Gasteiger partial charge in [0.25, 0.3) is 5.56 Å². The summed E-state index contributed by atoms with van der Waals surface area (Å²) in [7, 11) is 0. The molecule has 13 heavy (non-hydrogen) atoms. The minimum atomic E-state index is -0.195. The van der Waals surface area contributed by atoms with Crippen LogP contribution in [0.1, 0.15) is 40.6 Å². The molecule has 0 unspecified atom stereocenters. The lowest BCUT2D eigenvalue weighted by molar-refractivity contribution is 0.111. The number of rotatable bonds is 2. The van der Waals surface area contributed by atoms with Crippen LogP contribution in [0.25, 0.3) is 0 Å². The standard InChI is InChI=1S/C9H10N2O2/c1-5-7(4-12)10-8(6-2-3-6)11-9(5)13/h4,6H,2-3H2,1H3,(H,10,11,13). The smallest absolute Gasteiger partial charge is 0.254 e. The van der Waals surface area contributed by atoms with Gasteiger partial charge in [0.05, 0.1) is 0 Å². The molecule has 1 heterocycles. The number of aromatic nitrogens is 2. The van der Waals surface area contributed by atoms with Crippen molar-refractivity contribution in [1.29, 1.82) is 0 Å². The van der Waals surface area contributed by atoms with E-state index >= 15 is 0 Å². The van der Waals surface area contributed by atoms with Gasteiger partial charge in [0, 0.05) is 11.5 Å². The fraction of sp³-hybridized carbons (Fsp3) is 0.444. The first kappa shape index (κ1) is 8.16. The lowest BCUT2D eigenvalue weighted by Crippen LogP contribution is -2.17. The molecule has 1 aromatic rings. The van der Waals surface area contributed by atoms with Crippen molar-refractivity contribution < 1.29 is 4.79 Å². The van der Waals surface area contributed by atoms with Crippen LogP contribution in [0, 0.1) is 6.92 Å². The normalized spacial score (nSPS) is 15.8. The number of aromatic amines is 1. The van der Waals surface area contributed by atoms with Crippen molar-refractivity contribution in [2.45, 2.75) is 25.7 Å². The number of nitrogens with zero attached hydrogens (tertiary/aromatic N) is 1. The molecule has 1 aromatic heterocycles. The molecule has 0 spiro atoms. The minimum absolute atomic E-state index is 0.195. The second-order valence-corrected chi connectivity index (χ2v) is 3.35. The third-order valence-electron chi connectivity index (χ3n) is 2.28. The first-order valence-corrected chi connectivity index (χ1v) is 4.28. The summed E-state index contributed by atoms with van der Waals surface area (Å²) in [4.78, 5) is 28.6. The van der Waals surface area contributed by atoms with E-state index in [1.165, 1.54) is 0 Å². The van der Waals surface area contributed by atoms with Gasteiger partial charge >= 0.3 is 0 Å². The molecule has 0 bridgehead atoms. The maximum Gasteiger partial charge on any atom is 0.254 e. The molecule has 1 aliphatic carbocycles. The number of hydrogen-bond donors (Lipinski definition) is 1. The summed E-state index contributed by atoms with van der Waals surface area (Å²) in [5, 5.41) is 0. The molecule has 0 saturated heterocycles. The quantitative estimate of drug-likeness (QED) is 0.680. The summed E-state index contributed by atoms with van der Waals surface area (Å²) in [6, 6.07) is 0. The molecule has 0 amide bonds. The summed E-state index contributed by atoms with van der Waals surface area (Å²) in [6.45, 7) is 1.60. The first-order valence-electron chi connectivity index (χ1n) is 4.28. The van der Waals surface area contributed by atoms with E-state index in [0.29, 0.717) is 23.6 Å². The van der Waals surface area contributed by atoms with Crippen molar-refractivity contribution in [2.75, 3.05) is 0 Å². The van der Waals surface area contributed by atoms with Crippen molar-refractivity contribution in [2.24, 2.45) is 0 Å². The molecule has 0 aliphatic heterocycles. The third-order valence-corrected chi connectivity index (χ3v) is 2.28. The molecule has 4 heteroatoms. The number of carbonyl (C=O) groups is 1. The van der Waals surface area contributed by atoms with Crippen LogP contribution < -0.4 is 5.56 Å². The Labute approximate surface area is 75.0 Å². The van der Waals surface area contributed by atoms with Crippen LogP contribution in [-0.2, 0) is 0 Å². The van der Waals surface area contributed by atoms with E-state index in [1.807, 2.05) is 0 Å². The summed E-state index contributed by atoms with van der Waals surface area (Å²) in [6.07, 6.45) is 2.76. The van der Waals surface area contributed by atoms with Crippen molar-refractivity contribution in [3.8, 4) is 0 Å². The Bertz CT molecular complexity index is 405. The van der Waals surface area contributed by atoms with Gasteiger partial charge in [-0.2, -0.15) is 0 Å². The second-order valence-electron chi connectivity index (χ2n) is 3.35. The topological polar surface area (TPSA) is 62.8 Å². The van der Waals surface area contributed by atoms with Crippen LogP contribution in [0.2, 0.25) is 0 Å². The molecule has 0 atom stereocenters. The minimum Gasteiger partial charge on any atom is -0.310 e. The van der Waals surface area contributed by atoms with Gasteiger partial charge in [-0.05, 0) is 19.8 Å². The molecule has 4 nitrogen and oxygen atoms in total. The third kappa shape index (κ3) is 1.39. The van der Waals surface area contributed by atoms with Crippen LogP contribution in [0.15, 0.2) is 4.79 Å². The van der Waals surface area contributed by atoms with Crippen LogP contribution in [-0.4, -0.2) is 16.3 Å². The number of nitrogens with one attached hydrogen (secondary N) is 1. The van der Waals surface area contributed by atoms with Gasteiger partial charge in [0.15, 0.2) is 6.29 Å². The Kier molecular flexibility index (Phi) is 1.76. The molecule has 1 aliphatic rings. The molecule has 68 valence electrons. The monoisotopic (exact) mass is 178 g/mol. The van der Waals surface area contributed by atoms with Gasteiger partial charge in [-0.15, -0.1) is 0 Å². The fourth-order valence-electron chi connectivity index (χ4n) is 1.23. The summed E-state index contributed by atoms with van der Waals surface area (Å²) >= 11 is 0. The van der Waals surface area contributed by atoms with E-state index in [4.69, 9.17) is 0 Å². The van der Waals surface area contributed by atoms with Crippen LogP contribution in [0.5, 0.6) is 0 Å². The largest absolute Gasteiger partial charge is 0.310 e. The number of aldehydes is 1. The lowest BCUT2D eigenvalue weighted by atomic mass is 10.2. The van der Waals surface area contributed by atoms with Gasteiger partial charge in [0.1, 0.15) is 11.5 Å². The molecule has 1 fully saturated rings. The van der Waals surface area contributed by atoms with Crippen molar-refractivity contribution in [3.05, 3.63) is 27.4 Å². The zero-order valence-electron chi connectivity index (χ0n) is 7.33. The van der Waals surface area contributed by atoms with E-state index in [-0.39, 0.29) is 11.3 Å². The van der Waals surface area contributed by atoms with Gasteiger partial charge < -0.3 is 4.98 Å². The highest BCUT2D eigenvalue weighted by Gasteiger charge is 2.26. The molecule has 0 aromatic carbocycles. The summed E-state index contributed by atoms with van der Waals surface area (Å²) in [5.41, 5.74) is 0.476. The van der Waals surface area contributed by atoms with Crippen LogP contribution in [0.4, 0.5) is 0 Å². The molecule has 1 N–H and O–H groups in total. The zero-order valence-corrected chi connectivity index (χ0v) is 7.33. The number of H-pyrrole nitrogens is 1. The molecular weight excluding hydrogens is 168 g/mol. The van der Waals surface area contributed by atoms with E-state index in [1.54, 1.807) is 6.92 Å². The Morgan fingerprint density at radius 2 is 2.23 bits per heavy atom. The zero-order chi connectivity index (χ0) is 9.42. The van der Waals surface area contributed by atoms with Gasteiger partial charge in [-0.25, -0.2) is 4.98 Å². The summed E-state index contributed by atoms with van der Waals surface area (Å²) < 4.78 is 0. The average Bonchev–Trinajstić information content (AvgIpc) is 2.92. The second kappa shape index (κ2) is 2.80. The van der Waals surface area contributed by atoms with Gasteiger partial charge in [-0.3, -0.25) is 9.59 Å². The van der Waals surface area contributed by atoms with E-state index in [9.17, 15) is 9.59 Å². The average molecular weight is 178 g/mol. The maximum atomic E-state index is 11.3. The van der Waals surface area contributed by atoms with E-state index in [2.05, 4.69) is 9.97 Å². The van der Waals surface area contributed by atoms with Gasteiger partial charge in [-0.1, -0.05) is 0 Å². The fourth-order valence-corrected chi connectivity index (χ4v) is 1.23. The molecule has 2 rings (SSSR count). The first-order chi connectivity index (χ1) is 6.22. The predicted molar refractivity (Wildman–Crippen MR) is 47.0 cm³/mol. The Morgan fingerprint density at radius 3 is 2.77 bits per heavy atom. The molecule has 0 radical (unpaired) electrons. The highest BCUT2D eigenvalue weighted by atomic mass is 16.1. The van der Waals surface area contributed by atoms with E-state index < -0.39 is 0 Å². The molecule has 1 saturated carbocycles. The van der Waals surface area contributed by atoms with E-state index in [0.717, 1.165) is 12.8 Å². The van der Waals surface area contributed by atoms with Crippen molar-refractivity contribution >= 4 is 6.29 Å². The number of carbonyl (C=O) groups excluding carboxylic acids is 1. The van der Waals surface area contributed by atoms with Gasteiger partial charge in [0.2, 0.25) is 0 Å². The highest BCUT2D eigenvalue weighted by Crippen LogP contribution is 2.37. The highest BCUT2D eigenvalue weighted by molar-refractivity contribution is 5.73. The Hall–Kier alpha value is -1.45. The molecular formula is C9H10N2O2. The maximum absolute atomic E-state index is 11.3. The van der Waals surface area contributed by atoms with Crippen LogP contribution in [0.3, 0.4) is 0 Å². The SMILES string of the molecule is Cc1c(C=O)nc(C2CC2)[nH]c1=O. The predicted octanol–water partition coefficient (Wildman–Crippen LogP) is 0.768.